The van der Waals surface area contributed by atoms with Crippen LogP contribution in [0.25, 0.3) is 21.5 Å². The van der Waals surface area contributed by atoms with Gasteiger partial charge in [0.2, 0.25) is 0 Å². The second kappa shape index (κ2) is 11.0. The van der Waals surface area contributed by atoms with E-state index in [2.05, 4.69) is 15.9 Å². The van der Waals surface area contributed by atoms with E-state index in [0.717, 1.165) is 38.4 Å². The van der Waals surface area contributed by atoms with E-state index in [1.165, 1.54) is 0 Å². The summed E-state index contributed by atoms with van der Waals surface area (Å²) in [6, 6.07) is 13.5. The summed E-state index contributed by atoms with van der Waals surface area (Å²) < 4.78 is 29.8. The van der Waals surface area contributed by atoms with Gasteiger partial charge in [-0.15, -0.1) is 0 Å². The molecular weight excluding hydrogens is 488 g/mol. The van der Waals surface area contributed by atoms with Crippen molar-refractivity contribution in [1.29, 1.82) is 0 Å². The molecule has 33 heavy (non-hydrogen) atoms. The molecule has 0 spiro atoms. The lowest BCUT2D eigenvalue weighted by molar-refractivity contribution is -0.0740. The second-order valence-electron chi connectivity index (χ2n) is 8.61. The fraction of sp³-hybridized carbons (Fsp3) is 0.462. The molecule has 1 aliphatic rings. The maximum atomic E-state index is 10.8. The first-order chi connectivity index (χ1) is 15.9. The van der Waals surface area contributed by atoms with Crippen molar-refractivity contribution in [3.8, 4) is 11.5 Å². The van der Waals surface area contributed by atoms with E-state index in [9.17, 15) is 5.11 Å². The van der Waals surface area contributed by atoms with Gasteiger partial charge in [-0.05, 0) is 39.0 Å². The van der Waals surface area contributed by atoms with Gasteiger partial charge in [0.05, 0.1) is 44.7 Å². The summed E-state index contributed by atoms with van der Waals surface area (Å²) in [6.07, 6.45) is 0.102. The molecule has 4 unspecified atom stereocenters. The fourth-order valence-corrected chi connectivity index (χ4v) is 3.99. The minimum Gasteiger partial charge on any atom is -0.507 e. The topological polar surface area (TPSA) is 69.7 Å². The lowest BCUT2D eigenvalue weighted by Crippen LogP contribution is -2.27. The first-order valence-electron chi connectivity index (χ1n) is 11.3. The number of halogens is 1. The zero-order valence-corrected chi connectivity index (χ0v) is 20.8. The Morgan fingerprint density at radius 3 is 2.18 bits per heavy atom. The molecule has 1 aliphatic heterocycles. The summed E-state index contributed by atoms with van der Waals surface area (Å²) in [6.45, 7) is 8.76. The molecule has 4 atom stereocenters. The van der Waals surface area contributed by atoms with E-state index in [4.69, 9.17) is 23.7 Å². The lowest BCUT2D eigenvalue weighted by atomic mass is 10.0. The van der Waals surface area contributed by atoms with Crippen LogP contribution in [-0.2, 0) is 18.9 Å². The third-order valence-corrected chi connectivity index (χ3v) is 6.06. The Morgan fingerprint density at radius 1 is 0.879 bits per heavy atom. The van der Waals surface area contributed by atoms with Crippen LogP contribution >= 0.6 is 15.9 Å². The highest BCUT2D eigenvalue weighted by atomic mass is 79.9. The highest BCUT2D eigenvalue weighted by Gasteiger charge is 2.23. The zero-order chi connectivity index (χ0) is 23.4. The monoisotopic (exact) mass is 518 g/mol. The maximum absolute atomic E-state index is 10.8. The predicted molar refractivity (Wildman–Crippen MR) is 132 cm³/mol. The molecule has 1 saturated heterocycles. The van der Waals surface area contributed by atoms with Crippen molar-refractivity contribution in [2.45, 2.75) is 45.2 Å². The number of rotatable bonds is 12. The normalized spacial score (nSPS) is 18.4. The van der Waals surface area contributed by atoms with Crippen LogP contribution in [-0.4, -0.2) is 62.6 Å². The van der Waals surface area contributed by atoms with Crippen molar-refractivity contribution in [3.05, 3.63) is 46.9 Å². The molecule has 1 fully saturated rings. The molecule has 0 saturated carbocycles. The molecule has 1 heterocycles. The Morgan fingerprint density at radius 2 is 1.48 bits per heavy atom. The first-order valence-corrected chi connectivity index (χ1v) is 12.1. The van der Waals surface area contributed by atoms with Crippen molar-refractivity contribution in [2.75, 3.05) is 33.0 Å². The van der Waals surface area contributed by atoms with Gasteiger partial charge in [0.25, 0.3) is 0 Å². The number of fused-ring (bicyclic) bond motifs is 2. The van der Waals surface area contributed by atoms with E-state index >= 15 is 0 Å². The van der Waals surface area contributed by atoms with Gasteiger partial charge in [-0.3, -0.25) is 0 Å². The summed E-state index contributed by atoms with van der Waals surface area (Å²) in [5, 5.41) is 14.1. The van der Waals surface area contributed by atoms with Gasteiger partial charge >= 0.3 is 0 Å². The maximum Gasteiger partial charge on any atom is 0.135 e. The summed E-state index contributed by atoms with van der Waals surface area (Å²) in [7, 11) is 0. The predicted octanol–water partition coefficient (Wildman–Crippen LogP) is 5.45. The molecule has 1 N–H and O–H groups in total. The molecule has 0 aliphatic carbocycles. The Balaban J connectivity index is 1.33. The molecular formula is C26H31BrO6. The summed E-state index contributed by atoms with van der Waals surface area (Å²) in [5.41, 5.74) is 0. The smallest absolute Gasteiger partial charge is 0.135 e. The van der Waals surface area contributed by atoms with E-state index in [-0.39, 0.29) is 30.2 Å². The summed E-state index contributed by atoms with van der Waals surface area (Å²) in [4.78, 5) is 0. The molecule has 0 aromatic heterocycles. The van der Waals surface area contributed by atoms with Crippen LogP contribution in [0.4, 0.5) is 0 Å². The van der Waals surface area contributed by atoms with Gasteiger partial charge in [0, 0.05) is 26.0 Å². The highest BCUT2D eigenvalue weighted by Crippen LogP contribution is 2.42. The van der Waals surface area contributed by atoms with Crippen molar-refractivity contribution < 1.29 is 28.8 Å². The number of benzene rings is 3. The summed E-state index contributed by atoms with van der Waals surface area (Å²) in [5.74, 6) is 1.00. The van der Waals surface area contributed by atoms with E-state index in [1.54, 1.807) is 0 Å². The molecule has 0 radical (unpaired) electrons. The molecule has 0 bridgehead atoms. The minimum absolute atomic E-state index is 0.0218. The van der Waals surface area contributed by atoms with E-state index < -0.39 is 0 Å². The third-order valence-electron chi connectivity index (χ3n) is 5.57. The molecule has 0 amide bonds. The van der Waals surface area contributed by atoms with Crippen molar-refractivity contribution >= 4 is 37.5 Å². The third kappa shape index (κ3) is 6.37. The van der Waals surface area contributed by atoms with Gasteiger partial charge in [-0.1, -0.05) is 40.2 Å². The largest absolute Gasteiger partial charge is 0.507 e. The SMILES string of the molecule is CC(COc1c2ccccc2c(O)c2cc(Br)ccc12)OCC(C)OCC(C)OCC1CO1. The van der Waals surface area contributed by atoms with Gasteiger partial charge < -0.3 is 28.8 Å². The minimum atomic E-state index is -0.130. The van der Waals surface area contributed by atoms with Crippen molar-refractivity contribution in [3.63, 3.8) is 0 Å². The van der Waals surface area contributed by atoms with Crippen molar-refractivity contribution in [1.82, 2.24) is 0 Å². The Hall–Kier alpha value is -1.90. The second-order valence-corrected chi connectivity index (χ2v) is 9.53. The number of epoxide rings is 1. The number of hydrogen-bond acceptors (Lipinski definition) is 6. The summed E-state index contributed by atoms with van der Waals surface area (Å²) >= 11 is 3.49. The van der Waals surface area contributed by atoms with E-state index in [1.807, 2.05) is 63.2 Å². The highest BCUT2D eigenvalue weighted by molar-refractivity contribution is 9.10. The Kier molecular flexibility index (Phi) is 8.09. The standard InChI is InChI=1S/C26H31BrO6/c1-16(29-12-17(2)31-14-20-15-32-20)11-30-18(3)13-33-26-22-7-5-4-6-21(22)25(28)24-10-19(27)8-9-23(24)26/h4-10,16-18,20,28H,11-15H2,1-3H3. The number of phenolic OH excluding ortho intramolecular Hbond substituents is 1. The first kappa shape index (κ1) is 24.2. The van der Waals surface area contributed by atoms with Crippen LogP contribution in [0.1, 0.15) is 20.8 Å². The van der Waals surface area contributed by atoms with Gasteiger partial charge in [-0.2, -0.15) is 0 Å². The van der Waals surface area contributed by atoms with Crippen LogP contribution in [0.5, 0.6) is 11.5 Å². The number of hydrogen-bond donors (Lipinski definition) is 1. The van der Waals surface area contributed by atoms with E-state index in [0.29, 0.717) is 26.4 Å². The van der Waals surface area contributed by atoms with Crippen LogP contribution in [0, 0.1) is 0 Å². The van der Waals surface area contributed by atoms with Gasteiger partial charge in [-0.25, -0.2) is 0 Å². The lowest BCUT2D eigenvalue weighted by Gasteiger charge is -2.21. The molecule has 3 aromatic carbocycles. The molecule has 6 nitrogen and oxygen atoms in total. The zero-order valence-electron chi connectivity index (χ0n) is 19.3. The average molecular weight is 519 g/mol. The Bertz CT molecular complexity index is 1080. The Labute approximate surface area is 202 Å². The van der Waals surface area contributed by atoms with Crippen LogP contribution in [0.2, 0.25) is 0 Å². The molecule has 178 valence electrons. The van der Waals surface area contributed by atoms with Crippen molar-refractivity contribution in [2.24, 2.45) is 0 Å². The molecule has 3 aromatic rings. The number of ether oxygens (including phenoxy) is 5. The van der Waals surface area contributed by atoms with Gasteiger partial charge in [0.15, 0.2) is 0 Å². The quantitative estimate of drug-likeness (QED) is 0.254. The number of phenols is 1. The molecule has 4 rings (SSSR count). The van der Waals surface area contributed by atoms with Gasteiger partial charge in [0.1, 0.15) is 24.2 Å². The average Bonchev–Trinajstić information content (AvgIpc) is 3.65. The fourth-order valence-electron chi connectivity index (χ4n) is 3.62. The van der Waals surface area contributed by atoms with Crippen LogP contribution in [0.15, 0.2) is 46.9 Å². The van der Waals surface area contributed by atoms with Crippen LogP contribution in [0.3, 0.4) is 0 Å². The van der Waals surface area contributed by atoms with Crippen LogP contribution < -0.4 is 4.74 Å². The number of aromatic hydroxyl groups is 1. The molecule has 7 heteroatoms.